The quantitative estimate of drug-likeness (QED) is 0.886. The van der Waals surface area contributed by atoms with Gasteiger partial charge in [-0.3, -0.25) is 0 Å². The highest BCUT2D eigenvalue weighted by Crippen LogP contribution is 2.18. The average Bonchev–Trinajstić information content (AvgIpc) is 3.09. The molecule has 6 nitrogen and oxygen atoms in total. The molecular formula is C16H27N5O. The van der Waals surface area contributed by atoms with Crippen LogP contribution in [0.15, 0.2) is 0 Å². The van der Waals surface area contributed by atoms with Crippen LogP contribution in [0.1, 0.15) is 37.0 Å². The number of imidazole rings is 1. The van der Waals surface area contributed by atoms with E-state index in [0.717, 1.165) is 43.3 Å². The molecule has 2 amide bonds. The summed E-state index contributed by atoms with van der Waals surface area (Å²) < 4.78 is 0. The van der Waals surface area contributed by atoms with E-state index in [-0.39, 0.29) is 6.03 Å². The fourth-order valence-electron chi connectivity index (χ4n) is 3.55. The highest BCUT2D eigenvalue weighted by molar-refractivity contribution is 5.74. The lowest BCUT2D eigenvalue weighted by Crippen LogP contribution is -2.44. The summed E-state index contributed by atoms with van der Waals surface area (Å²) in [5, 5.41) is 3.12. The highest BCUT2D eigenvalue weighted by atomic mass is 16.2. The number of hydrogen-bond acceptors (Lipinski definition) is 3. The minimum absolute atomic E-state index is 0.0619. The normalized spacial score (nSPS) is 21.9. The molecule has 0 bridgehead atoms. The van der Waals surface area contributed by atoms with E-state index < -0.39 is 0 Å². The molecule has 1 aromatic heterocycles. The zero-order valence-electron chi connectivity index (χ0n) is 13.7. The van der Waals surface area contributed by atoms with Crippen LogP contribution in [-0.4, -0.2) is 58.5 Å². The van der Waals surface area contributed by atoms with Crippen LogP contribution in [0.5, 0.6) is 0 Å². The lowest BCUT2D eigenvalue weighted by molar-refractivity contribution is 0.189. The van der Waals surface area contributed by atoms with Gasteiger partial charge < -0.3 is 20.1 Å². The van der Waals surface area contributed by atoms with Gasteiger partial charge >= 0.3 is 6.03 Å². The maximum absolute atomic E-state index is 12.3. The summed E-state index contributed by atoms with van der Waals surface area (Å²) in [6, 6.07) is 0.0619. The molecule has 6 heteroatoms. The first kappa shape index (κ1) is 15.3. The summed E-state index contributed by atoms with van der Waals surface area (Å²) in [6.45, 7) is 9.86. The van der Waals surface area contributed by atoms with Gasteiger partial charge in [-0.2, -0.15) is 0 Å². The Bertz CT molecular complexity index is 527. The number of rotatable bonds is 4. The predicted molar refractivity (Wildman–Crippen MR) is 85.7 cm³/mol. The van der Waals surface area contributed by atoms with Crippen molar-refractivity contribution in [3.8, 4) is 0 Å². The number of aromatic amines is 1. The van der Waals surface area contributed by atoms with E-state index in [1.807, 2.05) is 11.8 Å². The first-order valence-electron chi connectivity index (χ1n) is 8.45. The van der Waals surface area contributed by atoms with E-state index in [9.17, 15) is 4.79 Å². The van der Waals surface area contributed by atoms with Crippen LogP contribution >= 0.6 is 0 Å². The largest absolute Gasteiger partial charge is 0.344 e. The molecule has 3 rings (SSSR count). The van der Waals surface area contributed by atoms with Crippen LogP contribution in [-0.2, 0) is 13.0 Å². The van der Waals surface area contributed by atoms with E-state index in [1.54, 1.807) is 0 Å². The molecule has 1 fully saturated rings. The maximum atomic E-state index is 12.3. The van der Waals surface area contributed by atoms with Gasteiger partial charge in [-0.15, -0.1) is 0 Å². The van der Waals surface area contributed by atoms with Crippen molar-refractivity contribution in [1.82, 2.24) is 25.1 Å². The monoisotopic (exact) mass is 305 g/mol. The Balaban J connectivity index is 1.45. The molecule has 2 N–H and O–H groups in total. The number of urea groups is 1. The van der Waals surface area contributed by atoms with Gasteiger partial charge in [-0.25, -0.2) is 9.78 Å². The SMILES string of the molecule is CCCN1CC[C@@H](CNC(=O)N2CCc3nc(C)[nH]c3C2)C1. The Hall–Kier alpha value is -1.56. The third-order valence-corrected chi connectivity index (χ3v) is 4.69. The number of H-pyrrole nitrogens is 1. The van der Waals surface area contributed by atoms with Crippen molar-refractivity contribution < 1.29 is 4.79 Å². The van der Waals surface area contributed by atoms with Crippen molar-refractivity contribution in [3.05, 3.63) is 17.2 Å². The minimum atomic E-state index is 0.0619. The van der Waals surface area contributed by atoms with E-state index >= 15 is 0 Å². The number of nitrogens with one attached hydrogen (secondary N) is 2. The highest BCUT2D eigenvalue weighted by Gasteiger charge is 2.25. The molecule has 22 heavy (non-hydrogen) atoms. The van der Waals surface area contributed by atoms with Gasteiger partial charge in [-0.05, 0) is 38.8 Å². The molecule has 0 aromatic carbocycles. The van der Waals surface area contributed by atoms with Gasteiger partial charge in [0.2, 0.25) is 0 Å². The van der Waals surface area contributed by atoms with Gasteiger partial charge in [0.25, 0.3) is 0 Å². The number of nitrogens with zero attached hydrogens (tertiary/aromatic N) is 3. The predicted octanol–water partition coefficient (Wildman–Crippen LogP) is 1.52. The molecule has 2 aliphatic rings. The van der Waals surface area contributed by atoms with Crippen LogP contribution in [0.25, 0.3) is 0 Å². The van der Waals surface area contributed by atoms with Crippen LogP contribution < -0.4 is 5.32 Å². The van der Waals surface area contributed by atoms with Crippen molar-refractivity contribution in [2.45, 2.75) is 39.7 Å². The number of carbonyl (C=O) groups is 1. The van der Waals surface area contributed by atoms with Crippen molar-refractivity contribution in [2.75, 3.05) is 32.7 Å². The summed E-state index contributed by atoms with van der Waals surface area (Å²) in [7, 11) is 0. The summed E-state index contributed by atoms with van der Waals surface area (Å²) in [6.07, 6.45) is 3.25. The van der Waals surface area contributed by atoms with E-state index in [1.165, 1.54) is 25.9 Å². The van der Waals surface area contributed by atoms with Crippen molar-refractivity contribution in [3.63, 3.8) is 0 Å². The van der Waals surface area contributed by atoms with Crippen molar-refractivity contribution in [2.24, 2.45) is 5.92 Å². The Labute approximate surface area is 132 Å². The number of aryl methyl sites for hydroxylation is 1. The fourth-order valence-corrected chi connectivity index (χ4v) is 3.55. The lowest BCUT2D eigenvalue weighted by Gasteiger charge is -2.27. The van der Waals surface area contributed by atoms with Crippen LogP contribution in [0, 0.1) is 12.8 Å². The van der Waals surface area contributed by atoms with Crippen molar-refractivity contribution in [1.29, 1.82) is 0 Å². The smallest absolute Gasteiger partial charge is 0.317 e. The second kappa shape index (κ2) is 6.69. The Kier molecular flexibility index (Phi) is 4.66. The molecule has 0 radical (unpaired) electrons. The molecular weight excluding hydrogens is 278 g/mol. The maximum Gasteiger partial charge on any atom is 0.317 e. The van der Waals surface area contributed by atoms with Crippen LogP contribution in [0.2, 0.25) is 0 Å². The summed E-state index contributed by atoms with van der Waals surface area (Å²) in [5.74, 6) is 1.54. The van der Waals surface area contributed by atoms with Gasteiger partial charge in [0.05, 0.1) is 17.9 Å². The third-order valence-electron chi connectivity index (χ3n) is 4.69. The van der Waals surface area contributed by atoms with Gasteiger partial charge in [0, 0.05) is 26.1 Å². The zero-order valence-corrected chi connectivity index (χ0v) is 13.7. The molecule has 3 heterocycles. The van der Waals surface area contributed by atoms with E-state index in [0.29, 0.717) is 12.5 Å². The fraction of sp³-hybridized carbons (Fsp3) is 0.750. The molecule has 2 aliphatic heterocycles. The molecule has 1 saturated heterocycles. The molecule has 0 unspecified atom stereocenters. The summed E-state index contributed by atoms with van der Waals surface area (Å²) in [4.78, 5) is 24.4. The minimum Gasteiger partial charge on any atom is -0.344 e. The van der Waals surface area contributed by atoms with E-state index in [2.05, 4.69) is 27.1 Å². The molecule has 0 spiro atoms. The second-order valence-corrected chi connectivity index (χ2v) is 6.56. The van der Waals surface area contributed by atoms with Gasteiger partial charge in [0.15, 0.2) is 0 Å². The molecule has 0 saturated carbocycles. The van der Waals surface area contributed by atoms with Crippen molar-refractivity contribution >= 4 is 6.03 Å². The van der Waals surface area contributed by atoms with E-state index in [4.69, 9.17) is 0 Å². The Morgan fingerprint density at radius 3 is 3.14 bits per heavy atom. The van der Waals surface area contributed by atoms with Gasteiger partial charge in [-0.1, -0.05) is 6.92 Å². The molecule has 1 aromatic rings. The number of likely N-dealkylation sites (tertiary alicyclic amines) is 1. The lowest BCUT2D eigenvalue weighted by atomic mass is 10.1. The molecule has 122 valence electrons. The molecule has 0 aliphatic carbocycles. The summed E-state index contributed by atoms with van der Waals surface area (Å²) >= 11 is 0. The number of amides is 2. The van der Waals surface area contributed by atoms with Crippen LogP contribution in [0.4, 0.5) is 4.79 Å². The first-order chi connectivity index (χ1) is 10.7. The van der Waals surface area contributed by atoms with Gasteiger partial charge in [0.1, 0.15) is 5.82 Å². The Morgan fingerprint density at radius 1 is 1.45 bits per heavy atom. The van der Waals surface area contributed by atoms with Crippen LogP contribution in [0.3, 0.4) is 0 Å². The zero-order chi connectivity index (χ0) is 15.5. The average molecular weight is 305 g/mol. The molecule has 1 atom stereocenters. The number of fused-ring (bicyclic) bond motifs is 1. The number of aromatic nitrogens is 2. The third kappa shape index (κ3) is 3.43. The summed E-state index contributed by atoms with van der Waals surface area (Å²) in [5.41, 5.74) is 2.21. The second-order valence-electron chi connectivity index (χ2n) is 6.56. The number of carbonyl (C=O) groups excluding carboxylic acids is 1. The Morgan fingerprint density at radius 2 is 2.32 bits per heavy atom. The topological polar surface area (TPSA) is 64.3 Å². The standard InChI is InChI=1S/C16H27N5O/c1-3-6-20-7-4-13(10-20)9-17-16(22)21-8-5-14-15(11-21)19-12(2)18-14/h13H,3-11H2,1-2H3,(H,17,22)(H,18,19)/t13-/m0/s1. The first-order valence-corrected chi connectivity index (χ1v) is 8.45. The number of hydrogen-bond donors (Lipinski definition) is 2.